The molecule has 0 aliphatic heterocycles. The lowest BCUT2D eigenvalue weighted by atomic mass is 9.95. The van der Waals surface area contributed by atoms with Crippen molar-refractivity contribution in [3.8, 4) is 11.4 Å². The molecule has 32 heavy (non-hydrogen) atoms. The molecular weight excluding hydrogens is 424 g/mol. The van der Waals surface area contributed by atoms with Crippen LogP contribution in [0.15, 0.2) is 57.7 Å². The Labute approximate surface area is 186 Å². The number of aromatic nitrogens is 3. The number of imidazole rings is 1. The third kappa shape index (κ3) is 3.15. The number of rotatable bonds is 4. The molecule has 2 N–H and O–H groups in total. The minimum atomic E-state index is -0.538. The number of nitrogens with zero attached hydrogens (tertiary/aromatic N) is 2. The molecule has 1 aliphatic rings. The molecule has 7 nitrogen and oxygen atoms in total. The second kappa shape index (κ2) is 7.49. The van der Waals surface area contributed by atoms with Gasteiger partial charge in [-0.3, -0.25) is 9.36 Å². The van der Waals surface area contributed by atoms with Gasteiger partial charge in [0.1, 0.15) is 17.4 Å². The SMILES string of the molecule is O=C(Cn1c(=O)oc2ccccc21)Nc1sc2c(c1-c1nc3ccccc3[nH]1)CCCC2. The lowest BCUT2D eigenvalue weighted by molar-refractivity contribution is -0.116. The molecule has 1 amide bonds. The van der Waals surface area contributed by atoms with Gasteiger partial charge < -0.3 is 14.7 Å². The average Bonchev–Trinajstić information content (AvgIpc) is 3.46. The van der Waals surface area contributed by atoms with Gasteiger partial charge in [-0.2, -0.15) is 0 Å². The van der Waals surface area contributed by atoms with Crippen molar-refractivity contribution in [1.29, 1.82) is 0 Å². The maximum absolute atomic E-state index is 13.0. The van der Waals surface area contributed by atoms with Gasteiger partial charge in [0.25, 0.3) is 0 Å². The van der Waals surface area contributed by atoms with Crippen LogP contribution in [0.3, 0.4) is 0 Å². The van der Waals surface area contributed by atoms with Gasteiger partial charge in [-0.15, -0.1) is 11.3 Å². The van der Waals surface area contributed by atoms with Crippen molar-refractivity contribution in [3.05, 3.63) is 69.5 Å². The minimum Gasteiger partial charge on any atom is -0.408 e. The fourth-order valence-electron chi connectivity index (χ4n) is 4.45. The average molecular weight is 445 g/mol. The smallest absolute Gasteiger partial charge is 0.408 e. The van der Waals surface area contributed by atoms with Gasteiger partial charge in [0.2, 0.25) is 5.91 Å². The fourth-order valence-corrected chi connectivity index (χ4v) is 5.76. The van der Waals surface area contributed by atoms with E-state index < -0.39 is 5.76 Å². The van der Waals surface area contributed by atoms with Crippen LogP contribution in [0.2, 0.25) is 0 Å². The summed E-state index contributed by atoms with van der Waals surface area (Å²) in [5.41, 5.74) is 5.18. The van der Waals surface area contributed by atoms with Crippen LogP contribution >= 0.6 is 11.3 Å². The Hall–Kier alpha value is -3.65. The van der Waals surface area contributed by atoms with Crippen molar-refractivity contribution in [1.82, 2.24) is 14.5 Å². The zero-order chi connectivity index (χ0) is 21.7. The van der Waals surface area contributed by atoms with Crippen molar-refractivity contribution in [2.45, 2.75) is 32.2 Å². The van der Waals surface area contributed by atoms with Gasteiger partial charge in [-0.05, 0) is 55.5 Å². The highest BCUT2D eigenvalue weighted by atomic mass is 32.1. The van der Waals surface area contributed by atoms with Gasteiger partial charge in [0.05, 0.1) is 22.1 Å². The molecule has 160 valence electrons. The van der Waals surface area contributed by atoms with E-state index in [2.05, 4.69) is 10.3 Å². The predicted octanol–water partition coefficient (Wildman–Crippen LogP) is 4.72. The number of amides is 1. The molecule has 0 spiro atoms. The number of benzene rings is 2. The molecule has 2 aromatic carbocycles. The Bertz CT molecular complexity index is 1500. The highest BCUT2D eigenvalue weighted by Gasteiger charge is 2.25. The lowest BCUT2D eigenvalue weighted by Crippen LogP contribution is -2.24. The molecule has 0 fully saturated rings. The first-order chi connectivity index (χ1) is 15.7. The molecule has 1 aliphatic carbocycles. The number of aromatic amines is 1. The first kappa shape index (κ1) is 19.1. The molecule has 3 aromatic heterocycles. The number of para-hydroxylation sites is 4. The van der Waals surface area contributed by atoms with E-state index in [4.69, 9.17) is 9.40 Å². The Morgan fingerprint density at radius 1 is 1.12 bits per heavy atom. The fraction of sp³-hybridized carbons (Fsp3) is 0.208. The summed E-state index contributed by atoms with van der Waals surface area (Å²) in [6, 6.07) is 15.0. The van der Waals surface area contributed by atoms with Crippen LogP contribution in [0.25, 0.3) is 33.5 Å². The number of anilines is 1. The molecular formula is C24H20N4O3S. The van der Waals surface area contributed by atoms with Gasteiger partial charge in [-0.25, -0.2) is 9.78 Å². The van der Waals surface area contributed by atoms with E-state index in [9.17, 15) is 9.59 Å². The van der Waals surface area contributed by atoms with E-state index in [1.54, 1.807) is 29.5 Å². The maximum Gasteiger partial charge on any atom is 0.420 e. The summed E-state index contributed by atoms with van der Waals surface area (Å²) >= 11 is 1.61. The van der Waals surface area contributed by atoms with Crippen LogP contribution in [0.4, 0.5) is 5.00 Å². The molecule has 0 atom stereocenters. The van der Waals surface area contributed by atoms with Gasteiger partial charge >= 0.3 is 5.76 Å². The summed E-state index contributed by atoms with van der Waals surface area (Å²) in [5, 5.41) is 3.84. The molecule has 5 aromatic rings. The molecule has 0 unspecified atom stereocenters. The summed E-state index contributed by atoms with van der Waals surface area (Å²) in [7, 11) is 0. The van der Waals surface area contributed by atoms with Crippen LogP contribution in [-0.2, 0) is 24.2 Å². The van der Waals surface area contributed by atoms with Crippen molar-refractivity contribution in [2.75, 3.05) is 5.32 Å². The number of H-pyrrole nitrogens is 1. The van der Waals surface area contributed by atoms with Crippen LogP contribution in [0, 0.1) is 0 Å². The normalized spacial score (nSPS) is 13.5. The number of aryl methyl sites for hydroxylation is 1. The Morgan fingerprint density at radius 2 is 1.94 bits per heavy atom. The Morgan fingerprint density at radius 3 is 2.84 bits per heavy atom. The Kier molecular flexibility index (Phi) is 4.46. The number of nitrogens with one attached hydrogen (secondary N) is 2. The first-order valence-electron chi connectivity index (χ1n) is 10.7. The van der Waals surface area contributed by atoms with Crippen molar-refractivity contribution in [3.63, 3.8) is 0 Å². The summed E-state index contributed by atoms with van der Waals surface area (Å²) in [5.74, 6) is -0.0363. The third-order valence-corrected chi connectivity index (χ3v) is 7.13. The number of carbonyl (C=O) groups excluding carboxylic acids is 1. The lowest BCUT2D eigenvalue weighted by Gasteiger charge is -2.12. The number of hydrogen-bond acceptors (Lipinski definition) is 5. The zero-order valence-corrected chi connectivity index (χ0v) is 18.0. The zero-order valence-electron chi connectivity index (χ0n) is 17.2. The molecule has 0 saturated carbocycles. The number of fused-ring (bicyclic) bond motifs is 3. The van der Waals surface area contributed by atoms with E-state index >= 15 is 0 Å². The second-order valence-electron chi connectivity index (χ2n) is 7.99. The van der Waals surface area contributed by atoms with Gasteiger partial charge in [-0.1, -0.05) is 24.3 Å². The monoisotopic (exact) mass is 444 g/mol. The Balaban J connectivity index is 1.38. The summed E-state index contributed by atoms with van der Waals surface area (Å²) < 4.78 is 6.62. The maximum atomic E-state index is 13.0. The summed E-state index contributed by atoms with van der Waals surface area (Å²) in [6.07, 6.45) is 4.26. The van der Waals surface area contributed by atoms with Crippen molar-refractivity contribution in [2.24, 2.45) is 0 Å². The van der Waals surface area contributed by atoms with Gasteiger partial charge in [0, 0.05) is 4.88 Å². The summed E-state index contributed by atoms with van der Waals surface area (Å²) in [6.45, 7) is -0.113. The molecule has 8 heteroatoms. The van der Waals surface area contributed by atoms with E-state index in [-0.39, 0.29) is 12.5 Å². The molecule has 0 saturated heterocycles. The van der Waals surface area contributed by atoms with Crippen LogP contribution in [-0.4, -0.2) is 20.4 Å². The van der Waals surface area contributed by atoms with E-state index in [1.165, 1.54) is 15.0 Å². The quantitative estimate of drug-likeness (QED) is 0.420. The third-order valence-electron chi connectivity index (χ3n) is 5.93. The highest BCUT2D eigenvalue weighted by molar-refractivity contribution is 7.17. The van der Waals surface area contributed by atoms with Crippen LogP contribution in [0.1, 0.15) is 23.3 Å². The van der Waals surface area contributed by atoms with E-state index in [1.807, 2.05) is 30.3 Å². The van der Waals surface area contributed by atoms with E-state index in [0.29, 0.717) is 11.1 Å². The topological polar surface area (TPSA) is 92.9 Å². The number of carbonyl (C=O) groups is 1. The number of oxazole rings is 1. The standard InChI is InChI=1S/C24H20N4O3S/c29-20(13-28-17-10-4-5-11-18(17)31-24(28)30)27-23-21(14-7-1-6-12-19(14)32-23)22-25-15-8-2-3-9-16(15)26-22/h2-5,8-11H,1,6-7,12-13H2,(H,25,26)(H,27,29). The molecule has 0 bridgehead atoms. The predicted molar refractivity (Wildman–Crippen MR) is 125 cm³/mol. The molecule has 6 rings (SSSR count). The molecule has 3 heterocycles. The van der Waals surface area contributed by atoms with Crippen LogP contribution < -0.4 is 11.1 Å². The van der Waals surface area contributed by atoms with Crippen molar-refractivity contribution >= 4 is 44.4 Å². The largest absolute Gasteiger partial charge is 0.420 e. The second-order valence-corrected chi connectivity index (χ2v) is 9.09. The first-order valence-corrected chi connectivity index (χ1v) is 11.5. The summed E-state index contributed by atoms with van der Waals surface area (Å²) in [4.78, 5) is 34.8. The highest BCUT2D eigenvalue weighted by Crippen LogP contribution is 2.43. The van der Waals surface area contributed by atoms with Gasteiger partial charge in [0.15, 0.2) is 5.58 Å². The minimum absolute atomic E-state index is 0.113. The number of hydrogen-bond donors (Lipinski definition) is 2. The number of thiophene rings is 1. The van der Waals surface area contributed by atoms with Crippen molar-refractivity contribution < 1.29 is 9.21 Å². The van der Waals surface area contributed by atoms with E-state index in [0.717, 1.165) is 53.1 Å². The van der Waals surface area contributed by atoms with Crippen LogP contribution in [0.5, 0.6) is 0 Å². The molecule has 0 radical (unpaired) electrons.